The van der Waals surface area contributed by atoms with Crippen LogP contribution < -0.4 is 0 Å². The minimum absolute atomic E-state index is 0.400. The minimum atomic E-state index is 0.400. The van der Waals surface area contributed by atoms with Crippen LogP contribution in [0.4, 0.5) is 0 Å². The summed E-state index contributed by atoms with van der Waals surface area (Å²) in [7, 11) is 0. The van der Waals surface area contributed by atoms with Gasteiger partial charge in [-0.25, -0.2) is 0 Å². The Labute approximate surface area is 101 Å². The molecule has 0 aliphatic carbocycles. The average molecular weight is 276 g/mol. The zero-order chi connectivity index (χ0) is 10.9. The first-order valence-corrected chi connectivity index (χ1v) is 6.97. The van der Waals surface area contributed by atoms with Crippen LogP contribution in [0.1, 0.15) is 33.1 Å². The monoisotopic (exact) mass is 275 g/mol. The molecule has 2 saturated heterocycles. The molecule has 0 aromatic heterocycles. The largest absolute Gasteiger partial charge is 0.377 e. The van der Waals surface area contributed by atoms with Crippen LogP contribution in [0, 0.1) is 5.41 Å². The van der Waals surface area contributed by atoms with Gasteiger partial charge in [-0.15, -0.1) is 0 Å². The third-order valence-corrected chi connectivity index (χ3v) is 5.36. The molecule has 0 bridgehead atoms. The third-order valence-electron chi connectivity index (χ3n) is 3.66. The summed E-state index contributed by atoms with van der Waals surface area (Å²) in [6, 6.07) is 0. The number of ether oxygens (including phenoxy) is 1. The lowest BCUT2D eigenvalue weighted by atomic mass is 9.84. The summed E-state index contributed by atoms with van der Waals surface area (Å²) in [4.78, 5) is 3.25. The van der Waals surface area contributed by atoms with Gasteiger partial charge in [0.05, 0.1) is 6.10 Å². The van der Waals surface area contributed by atoms with Gasteiger partial charge >= 0.3 is 0 Å². The number of piperidine rings is 1. The summed E-state index contributed by atoms with van der Waals surface area (Å²) in [5.41, 5.74) is 0.400. The second-order valence-corrected chi connectivity index (χ2v) is 6.72. The van der Waals surface area contributed by atoms with Crippen molar-refractivity contribution in [3.8, 4) is 0 Å². The van der Waals surface area contributed by atoms with Crippen molar-refractivity contribution in [2.24, 2.45) is 5.41 Å². The molecular weight excluding hydrogens is 254 g/mol. The zero-order valence-electron chi connectivity index (χ0n) is 9.84. The molecule has 2 atom stereocenters. The minimum Gasteiger partial charge on any atom is -0.377 e. The molecule has 0 saturated carbocycles. The number of halogens is 1. The molecule has 15 heavy (non-hydrogen) atoms. The maximum Gasteiger partial charge on any atom is 0.0702 e. The van der Waals surface area contributed by atoms with E-state index in [1.165, 1.54) is 32.4 Å². The van der Waals surface area contributed by atoms with Crippen molar-refractivity contribution in [2.45, 2.75) is 44.0 Å². The van der Waals surface area contributed by atoms with E-state index in [1.807, 2.05) is 0 Å². The van der Waals surface area contributed by atoms with Crippen LogP contribution in [0.5, 0.6) is 0 Å². The predicted octanol–water partition coefficient (Wildman–Crippen LogP) is 2.66. The van der Waals surface area contributed by atoms with Gasteiger partial charge in [-0.2, -0.15) is 0 Å². The number of nitrogens with zero attached hydrogens (tertiary/aromatic N) is 1. The van der Waals surface area contributed by atoms with E-state index in [2.05, 4.69) is 34.7 Å². The predicted molar refractivity (Wildman–Crippen MR) is 66.5 cm³/mol. The average Bonchev–Trinajstić information content (AvgIpc) is 2.63. The maximum atomic E-state index is 5.70. The molecule has 88 valence electrons. The SMILES string of the molecule is CC1(C)CN(CC2CCCO2)CCC1Br. The smallest absolute Gasteiger partial charge is 0.0702 e. The highest BCUT2D eigenvalue weighted by atomic mass is 79.9. The standard InChI is InChI=1S/C12H22BrNO/c1-12(2)9-14(6-5-11(12)13)8-10-4-3-7-15-10/h10-11H,3-9H2,1-2H3. The molecule has 2 heterocycles. The van der Waals surface area contributed by atoms with Gasteiger partial charge in [-0.1, -0.05) is 29.8 Å². The fourth-order valence-electron chi connectivity index (χ4n) is 2.67. The molecule has 0 aromatic carbocycles. The first-order chi connectivity index (χ1) is 7.08. The number of rotatable bonds is 2. The van der Waals surface area contributed by atoms with Crippen molar-refractivity contribution >= 4 is 15.9 Å². The van der Waals surface area contributed by atoms with E-state index in [1.54, 1.807) is 0 Å². The van der Waals surface area contributed by atoms with Crippen molar-refractivity contribution in [1.29, 1.82) is 0 Å². The molecule has 2 fully saturated rings. The summed E-state index contributed by atoms with van der Waals surface area (Å²) >= 11 is 3.79. The molecule has 2 rings (SSSR count). The Morgan fingerprint density at radius 3 is 2.80 bits per heavy atom. The fourth-order valence-corrected chi connectivity index (χ4v) is 3.02. The lowest BCUT2D eigenvalue weighted by molar-refractivity contribution is 0.0439. The summed E-state index contributed by atoms with van der Waals surface area (Å²) in [6.45, 7) is 9.25. The van der Waals surface area contributed by atoms with Gasteiger partial charge in [0.1, 0.15) is 0 Å². The number of hydrogen-bond acceptors (Lipinski definition) is 2. The second kappa shape index (κ2) is 4.72. The first kappa shape index (κ1) is 11.9. The van der Waals surface area contributed by atoms with Crippen LogP contribution in [-0.2, 0) is 4.74 Å². The van der Waals surface area contributed by atoms with Gasteiger partial charge in [-0.05, 0) is 31.2 Å². The quantitative estimate of drug-likeness (QED) is 0.719. The van der Waals surface area contributed by atoms with Gasteiger partial charge in [-0.3, -0.25) is 0 Å². The van der Waals surface area contributed by atoms with Crippen LogP contribution in [0.3, 0.4) is 0 Å². The van der Waals surface area contributed by atoms with Crippen LogP contribution in [0.25, 0.3) is 0 Å². The molecule has 0 spiro atoms. The summed E-state index contributed by atoms with van der Waals surface area (Å²) in [5, 5.41) is 0. The molecule has 2 aliphatic rings. The van der Waals surface area contributed by atoms with Crippen LogP contribution >= 0.6 is 15.9 Å². The molecule has 3 heteroatoms. The Morgan fingerprint density at radius 2 is 2.20 bits per heavy atom. The van der Waals surface area contributed by atoms with E-state index in [9.17, 15) is 0 Å². The summed E-state index contributed by atoms with van der Waals surface area (Å²) < 4.78 is 5.70. The van der Waals surface area contributed by atoms with Crippen molar-refractivity contribution < 1.29 is 4.74 Å². The number of alkyl halides is 1. The highest BCUT2D eigenvalue weighted by Gasteiger charge is 2.35. The second-order valence-electron chi connectivity index (χ2n) is 5.61. The van der Waals surface area contributed by atoms with E-state index in [4.69, 9.17) is 4.74 Å². The Balaban J connectivity index is 1.83. The van der Waals surface area contributed by atoms with Gasteiger partial charge in [0.2, 0.25) is 0 Å². The fraction of sp³-hybridized carbons (Fsp3) is 1.00. The molecule has 0 radical (unpaired) electrons. The van der Waals surface area contributed by atoms with E-state index in [0.29, 0.717) is 16.3 Å². The van der Waals surface area contributed by atoms with Gasteiger partial charge < -0.3 is 9.64 Å². The van der Waals surface area contributed by atoms with Gasteiger partial charge in [0, 0.05) is 24.5 Å². The Morgan fingerprint density at radius 1 is 1.40 bits per heavy atom. The maximum absolute atomic E-state index is 5.70. The highest BCUT2D eigenvalue weighted by Crippen LogP contribution is 2.34. The van der Waals surface area contributed by atoms with Crippen molar-refractivity contribution in [3.63, 3.8) is 0 Å². The van der Waals surface area contributed by atoms with E-state index < -0.39 is 0 Å². The molecule has 0 N–H and O–H groups in total. The Bertz CT molecular complexity index is 214. The molecule has 0 amide bonds. The van der Waals surface area contributed by atoms with Crippen molar-refractivity contribution in [1.82, 2.24) is 4.90 Å². The molecule has 2 unspecified atom stereocenters. The third kappa shape index (κ3) is 2.95. The zero-order valence-corrected chi connectivity index (χ0v) is 11.4. The summed E-state index contributed by atoms with van der Waals surface area (Å²) in [5.74, 6) is 0. The number of hydrogen-bond donors (Lipinski definition) is 0. The van der Waals surface area contributed by atoms with Crippen LogP contribution in [-0.4, -0.2) is 42.1 Å². The normalized spacial score (nSPS) is 37.0. The molecule has 2 aliphatic heterocycles. The van der Waals surface area contributed by atoms with E-state index in [0.717, 1.165) is 13.2 Å². The lowest BCUT2D eigenvalue weighted by Crippen LogP contribution is -2.48. The van der Waals surface area contributed by atoms with Gasteiger partial charge in [0.25, 0.3) is 0 Å². The summed E-state index contributed by atoms with van der Waals surface area (Å²) in [6.07, 6.45) is 4.28. The van der Waals surface area contributed by atoms with Crippen molar-refractivity contribution in [3.05, 3.63) is 0 Å². The molecular formula is C12H22BrNO. The molecule has 0 aromatic rings. The molecule has 2 nitrogen and oxygen atoms in total. The van der Waals surface area contributed by atoms with Crippen molar-refractivity contribution in [2.75, 3.05) is 26.2 Å². The van der Waals surface area contributed by atoms with E-state index >= 15 is 0 Å². The topological polar surface area (TPSA) is 12.5 Å². The highest BCUT2D eigenvalue weighted by molar-refractivity contribution is 9.09. The first-order valence-electron chi connectivity index (χ1n) is 6.06. The van der Waals surface area contributed by atoms with E-state index in [-0.39, 0.29) is 0 Å². The Kier molecular flexibility index (Phi) is 3.74. The Hall–Kier alpha value is 0.400. The number of likely N-dealkylation sites (tertiary alicyclic amines) is 1. The van der Waals surface area contributed by atoms with Crippen LogP contribution in [0.15, 0.2) is 0 Å². The lowest BCUT2D eigenvalue weighted by Gasteiger charge is -2.42. The van der Waals surface area contributed by atoms with Crippen LogP contribution in [0.2, 0.25) is 0 Å². The van der Waals surface area contributed by atoms with Gasteiger partial charge in [0.15, 0.2) is 0 Å².